The Morgan fingerprint density at radius 3 is 2.48 bits per heavy atom. The Bertz CT molecular complexity index is 898. The number of aromatic nitrogens is 3. The van der Waals surface area contributed by atoms with Crippen LogP contribution in [0.4, 0.5) is 11.5 Å². The molecule has 1 aromatic carbocycles. The van der Waals surface area contributed by atoms with E-state index in [-0.39, 0.29) is 5.91 Å². The molecule has 138 valence electrons. The Morgan fingerprint density at radius 2 is 1.78 bits per heavy atom. The lowest BCUT2D eigenvalue weighted by atomic mass is 10.3. The number of hydrogen-bond acceptors (Lipinski definition) is 5. The van der Waals surface area contributed by atoms with Crippen LogP contribution in [0.3, 0.4) is 0 Å². The van der Waals surface area contributed by atoms with Crippen molar-refractivity contribution < 1.29 is 4.79 Å². The molecule has 4 rings (SSSR count). The minimum absolute atomic E-state index is 0.202. The molecule has 3 heterocycles. The number of para-hydroxylation sites is 1. The summed E-state index contributed by atoms with van der Waals surface area (Å²) >= 11 is 0. The predicted octanol–water partition coefficient (Wildman–Crippen LogP) is 2.27. The summed E-state index contributed by atoms with van der Waals surface area (Å²) in [6.45, 7) is 4.00. The summed E-state index contributed by atoms with van der Waals surface area (Å²) in [4.78, 5) is 21.5. The highest BCUT2D eigenvalue weighted by Gasteiger charge is 2.15. The second kappa shape index (κ2) is 7.59. The maximum atomic E-state index is 12.5. The summed E-state index contributed by atoms with van der Waals surface area (Å²) in [5.74, 6) is 0.740. The lowest BCUT2D eigenvalue weighted by molar-refractivity contribution is 0.102. The van der Waals surface area contributed by atoms with Gasteiger partial charge in [0.2, 0.25) is 0 Å². The highest BCUT2D eigenvalue weighted by atomic mass is 16.1. The molecule has 3 aromatic rings. The van der Waals surface area contributed by atoms with E-state index >= 15 is 0 Å². The molecule has 0 unspecified atom stereocenters. The number of piperazine rings is 1. The lowest BCUT2D eigenvalue weighted by Gasteiger charge is -2.33. The third kappa shape index (κ3) is 3.98. The highest BCUT2D eigenvalue weighted by molar-refractivity contribution is 6.03. The Kier molecular flexibility index (Phi) is 4.84. The van der Waals surface area contributed by atoms with Crippen molar-refractivity contribution in [2.24, 2.45) is 0 Å². The first kappa shape index (κ1) is 17.2. The number of rotatable bonds is 4. The predicted molar refractivity (Wildman–Crippen MR) is 105 cm³/mol. The first-order valence-electron chi connectivity index (χ1n) is 9.00. The fraction of sp³-hybridized carbons (Fsp3) is 0.250. The number of pyridine rings is 1. The van der Waals surface area contributed by atoms with Gasteiger partial charge < -0.3 is 15.1 Å². The fourth-order valence-corrected chi connectivity index (χ4v) is 3.05. The molecule has 0 bridgehead atoms. The number of carbonyl (C=O) groups is 1. The zero-order valence-electron chi connectivity index (χ0n) is 15.2. The molecular weight excluding hydrogens is 340 g/mol. The summed E-state index contributed by atoms with van der Waals surface area (Å²) in [6, 6.07) is 13.5. The van der Waals surface area contributed by atoms with Crippen molar-refractivity contribution in [2.45, 2.75) is 0 Å². The number of anilines is 2. The van der Waals surface area contributed by atoms with Crippen LogP contribution in [0.2, 0.25) is 0 Å². The van der Waals surface area contributed by atoms with Gasteiger partial charge in [-0.15, -0.1) is 0 Å². The molecule has 7 nitrogen and oxygen atoms in total. The maximum Gasteiger partial charge on any atom is 0.258 e. The summed E-state index contributed by atoms with van der Waals surface area (Å²) in [7, 11) is 2.13. The van der Waals surface area contributed by atoms with Gasteiger partial charge in [0, 0.05) is 32.4 Å². The van der Waals surface area contributed by atoms with E-state index < -0.39 is 0 Å². The average molecular weight is 362 g/mol. The van der Waals surface area contributed by atoms with Gasteiger partial charge in [-0.25, -0.2) is 9.67 Å². The number of nitrogens with one attached hydrogen (secondary N) is 1. The summed E-state index contributed by atoms with van der Waals surface area (Å²) in [5.41, 5.74) is 2.09. The standard InChI is InChI=1S/C20H22N6O/c1-24-9-11-25(12-10-24)19-8-7-17(14-21-19)23-20(27)16-13-22-26(15-16)18-5-3-2-4-6-18/h2-8,13-15H,9-12H2,1H3,(H,23,27). The van der Waals surface area contributed by atoms with Crippen LogP contribution < -0.4 is 10.2 Å². The molecule has 0 atom stereocenters. The number of nitrogens with zero attached hydrogens (tertiary/aromatic N) is 5. The number of hydrogen-bond donors (Lipinski definition) is 1. The van der Waals surface area contributed by atoms with Crippen LogP contribution in [-0.4, -0.2) is 58.8 Å². The Morgan fingerprint density at radius 1 is 1.00 bits per heavy atom. The number of carbonyl (C=O) groups excluding carboxylic acids is 1. The van der Waals surface area contributed by atoms with E-state index in [0.717, 1.165) is 37.7 Å². The van der Waals surface area contributed by atoms with Crippen molar-refractivity contribution in [1.82, 2.24) is 19.7 Å². The largest absolute Gasteiger partial charge is 0.354 e. The van der Waals surface area contributed by atoms with Crippen LogP contribution in [0.25, 0.3) is 5.69 Å². The van der Waals surface area contributed by atoms with E-state index in [1.807, 2.05) is 42.5 Å². The molecular formula is C20H22N6O. The number of amides is 1. The van der Waals surface area contributed by atoms with Gasteiger partial charge in [0.05, 0.1) is 29.3 Å². The molecule has 0 aliphatic carbocycles. The van der Waals surface area contributed by atoms with Crippen molar-refractivity contribution in [2.75, 3.05) is 43.4 Å². The van der Waals surface area contributed by atoms with Gasteiger partial charge in [-0.2, -0.15) is 5.10 Å². The van der Waals surface area contributed by atoms with E-state index in [1.54, 1.807) is 23.3 Å². The van der Waals surface area contributed by atoms with Crippen molar-refractivity contribution in [1.29, 1.82) is 0 Å². The molecule has 1 amide bonds. The monoisotopic (exact) mass is 362 g/mol. The van der Waals surface area contributed by atoms with Gasteiger partial charge in [0.25, 0.3) is 5.91 Å². The van der Waals surface area contributed by atoms with Crippen LogP contribution in [0.15, 0.2) is 61.1 Å². The van der Waals surface area contributed by atoms with E-state index in [9.17, 15) is 4.79 Å². The van der Waals surface area contributed by atoms with Crippen molar-refractivity contribution in [3.63, 3.8) is 0 Å². The highest BCUT2D eigenvalue weighted by Crippen LogP contribution is 2.17. The quantitative estimate of drug-likeness (QED) is 0.771. The minimum Gasteiger partial charge on any atom is -0.354 e. The molecule has 1 saturated heterocycles. The molecule has 27 heavy (non-hydrogen) atoms. The molecule has 1 aliphatic rings. The van der Waals surface area contributed by atoms with Gasteiger partial charge in [0.15, 0.2) is 0 Å². The average Bonchev–Trinajstić information content (AvgIpc) is 3.20. The van der Waals surface area contributed by atoms with Gasteiger partial charge in [-0.3, -0.25) is 4.79 Å². The molecule has 2 aromatic heterocycles. The van der Waals surface area contributed by atoms with Gasteiger partial charge in [-0.1, -0.05) is 18.2 Å². The number of likely N-dealkylation sites (N-methyl/N-ethyl adjacent to an activating group) is 1. The molecule has 1 N–H and O–H groups in total. The first-order valence-corrected chi connectivity index (χ1v) is 9.00. The smallest absolute Gasteiger partial charge is 0.258 e. The molecule has 0 spiro atoms. The maximum absolute atomic E-state index is 12.5. The van der Waals surface area contributed by atoms with Crippen LogP contribution in [0.5, 0.6) is 0 Å². The second-order valence-corrected chi connectivity index (χ2v) is 6.66. The third-order valence-electron chi connectivity index (χ3n) is 4.70. The van der Waals surface area contributed by atoms with Gasteiger partial charge in [-0.05, 0) is 31.3 Å². The van der Waals surface area contributed by atoms with Crippen molar-refractivity contribution >= 4 is 17.4 Å². The van der Waals surface area contributed by atoms with Crippen molar-refractivity contribution in [3.8, 4) is 5.69 Å². The van der Waals surface area contributed by atoms with Gasteiger partial charge >= 0.3 is 0 Å². The Balaban J connectivity index is 1.40. The van der Waals surface area contributed by atoms with Crippen LogP contribution in [0.1, 0.15) is 10.4 Å². The fourth-order valence-electron chi connectivity index (χ4n) is 3.05. The SMILES string of the molecule is CN1CCN(c2ccc(NC(=O)c3cnn(-c4ccccc4)c3)cn2)CC1. The van der Waals surface area contributed by atoms with Crippen LogP contribution >= 0.6 is 0 Å². The molecule has 1 aliphatic heterocycles. The third-order valence-corrected chi connectivity index (χ3v) is 4.70. The number of benzene rings is 1. The molecule has 1 fully saturated rings. The molecule has 0 saturated carbocycles. The summed E-state index contributed by atoms with van der Waals surface area (Å²) in [6.07, 6.45) is 4.98. The first-order chi connectivity index (χ1) is 13.2. The van der Waals surface area contributed by atoms with E-state index in [2.05, 4.69) is 32.2 Å². The lowest BCUT2D eigenvalue weighted by Crippen LogP contribution is -2.44. The summed E-state index contributed by atoms with van der Waals surface area (Å²) in [5, 5.41) is 7.14. The van der Waals surface area contributed by atoms with E-state index in [4.69, 9.17) is 0 Å². The van der Waals surface area contributed by atoms with E-state index in [0.29, 0.717) is 11.3 Å². The Labute approximate surface area is 158 Å². The minimum atomic E-state index is -0.202. The van der Waals surface area contributed by atoms with Crippen LogP contribution in [-0.2, 0) is 0 Å². The van der Waals surface area contributed by atoms with Gasteiger partial charge in [0.1, 0.15) is 5.82 Å². The second-order valence-electron chi connectivity index (χ2n) is 6.66. The van der Waals surface area contributed by atoms with Crippen molar-refractivity contribution in [3.05, 3.63) is 66.6 Å². The van der Waals surface area contributed by atoms with E-state index in [1.165, 1.54) is 0 Å². The topological polar surface area (TPSA) is 66.3 Å². The molecule has 0 radical (unpaired) electrons. The Hall–Kier alpha value is -3.19. The summed E-state index contributed by atoms with van der Waals surface area (Å²) < 4.78 is 1.68. The zero-order valence-corrected chi connectivity index (χ0v) is 15.2. The normalized spacial score (nSPS) is 14.9. The zero-order chi connectivity index (χ0) is 18.6. The van der Waals surface area contributed by atoms with Crippen LogP contribution in [0, 0.1) is 0 Å². The molecule has 7 heteroatoms.